The maximum absolute atomic E-state index is 12.5. The van der Waals surface area contributed by atoms with Gasteiger partial charge in [-0.3, -0.25) is 14.5 Å². The maximum atomic E-state index is 12.5. The van der Waals surface area contributed by atoms with E-state index in [0.29, 0.717) is 6.54 Å². The fraction of sp³-hybridized carbons (Fsp3) is 0.391. The number of hydrogen-bond donors (Lipinski definition) is 2. The highest BCUT2D eigenvalue weighted by Gasteiger charge is 2.24. The summed E-state index contributed by atoms with van der Waals surface area (Å²) in [6, 6.07) is 19.9. The van der Waals surface area contributed by atoms with Gasteiger partial charge in [-0.25, -0.2) is 0 Å². The molecule has 1 aliphatic heterocycles. The largest absolute Gasteiger partial charge is 0.353 e. The van der Waals surface area contributed by atoms with Gasteiger partial charge in [-0.2, -0.15) is 0 Å². The molecule has 1 heterocycles. The summed E-state index contributed by atoms with van der Waals surface area (Å²) in [5.74, 6) is 0.864. The molecule has 1 aliphatic rings. The van der Waals surface area contributed by atoms with Crippen LogP contribution in [0.1, 0.15) is 19.8 Å². The predicted octanol–water partition coefficient (Wildman–Crippen LogP) is 3.63. The van der Waals surface area contributed by atoms with E-state index in [0.717, 1.165) is 37.4 Å². The van der Waals surface area contributed by atoms with E-state index in [1.54, 1.807) is 11.8 Å². The van der Waals surface area contributed by atoms with Gasteiger partial charge in [0.1, 0.15) is 0 Å². The Morgan fingerprint density at radius 2 is 1.66 bits per heavy atom. The number of piperidine rings is 1. The number of para-hydroxylation sites is 1. The number of anilines is 1. The molecule has 2 aromatic carbocycles. The van der Waals surface area contributed by atoms with Crippen molar-refractivity contribution < 1.29 is 9.59 Å². The first-order valence-corrected chi connectivity index (χ1v) is 11.1. The van der Waals surface area contributed by atoms with Crippen LogP contribution in [0.25, 0.3) is 0 Å². The monoisotopic (exact) mass is 411 g/mol. The molecule has 154 valence electrons. The molecule has 0 spiro atoms. The van der Waals surface area contributed by atoms with Crippen LogP contribution < -0.4 is 10.6 Å². The number of benzene rings is 2. The van der Waals surface area contributed by atoms with Crippen LogP contribution >= 0.6 is 11.8 Å². The van der Waals surface area contributed by atoms with E-state index in [9.17, 15) is 9.59 Å². The average molecular weight is 412 g/mol. The second-order valence-electron chi connectivity index (χ2n) is 7.50. The van der Waals surface area contributed by atoms with Gasteiger partial charge in [0.05, 0.1) is 6.54 Å². The lowest BCUT2D eigenvalue weighted by Crippen LogP contribution is -2.47. The minimum Gasteiger partial charge on any atom is -0.353 e. The average Bonchev–Trinajstić information content (AvgIpc) is 2.74. The van der Waals surface area contributed by atoms with E-state index < -0.39 is 0 Å². The zero-order valence-corrected chi connectivity index (χ0v) is 17.7. The third-order valence-corrected chi connectivity index (χ3v) is 6.32. The SMILES string of the molecule is CC(CSc1ccccc1)C(=O)NC1CCN(CC(=O)Nc2ccccc2)CC1. The smallest absolute Gasteiger partial charge is 0.238 e. The topological polar surface area (TPSA) is 61.4 Å². The highest BCUT2D eigenvalue weighted by atomic mass is 32.2. The van der Waals surface area contributed by atoms with E-state index in [1.165, 1.54) is 4.90 Å². The molecule has 6 heteroatoms. The molecule has 1 unspecified atom stereocenters. The molecule has 1 saturated heterocycles. The molecule has 2 N–H and O–H groups in total. The summed E-state index contributed by atoms with van der Waals surface area (Å²) in [5.41, 5.74) is 0.821. The van der Waals surface area contributed by atoms with Crippen molar-refractivity contribution >= 4 is 29.3 Å². The van der Waals surface area contributed by atoms with Gasteiger partial charge in [0.25, 0.3) is 0 Å². The molecule has 2 aromatic rings. The van der Waals surface area contributed by atoms with Crippen molar-refractivity contribution in [2.75, 3.05) is 30.7 Å². The number of nitrogens with one attached hydrogen (secondary N) is 2. The number of thioether (sulfide) groups is 1. The quantitative estimate of drug-likeness (QED) is 0.651. The molecule has 1 fully saturated rings. The summed E-state index contributed by atoms with van der Waals surface area (Å²) in [5, 5.41) is 6.11. The first kappa shape index (κ1) is 21.4. The van der Waals surface area contributed by atoms with Crippen LogP contribution in [-0.2, 0) is 9.59 Å². The molecule has 29 heavy (non-hydrogen) atoms. The Kier molecular flexibility index (Phi) is 8.14. The lowest BCUT2D eigenvalue weighted by atomic mass is 10.0. The van der Waals surface area contributed by atoms with Gasteiger partial charge in [0.2, 0.25) is 11.8 Å². The van der Waals surface area contributed by atoms with E-state index in [2.05, 4.69) is 27.7 Å². The number of hydrogen-bond acceptors (Lipinski definition) is 4. The van der Waals surface area contributed by atoms with Crippen molar-refractivity contribution in [2.45, 2.75) is 30.7 Å². The molecule has 3 rings (SSSR count). The highest BCUT2D eigenvalue weighted by molar-refractivity contribution is 7.99. The number of carbonyl (C=O) groups excluding carboxylic acids is 2. The molecular formula is C23H29N3O2S. The summed E-state index contributed by atoms with van der Waals surface area (Å²) < 4.78 is 0. The number of amides is 2. The predicted molar refractivity (Wildman–Crippen MR) is 119 cm³/mol. The fourth-order valence-electron chi connectivity index (χ4n) is 3.32. The van der Waals surface area contributed by atoms with Gasteiger partial charge in [0, 0.05) is 41.4 Å². The molecule has 0 aromatic heterocycles. The van der Waals surface area contributed by atoms with Gasteiger partial charge < -0.3 is 10.6 Å². The van der Waals surface area contributed by atoms with Crippen LogP contribution in [0.15, 0.2) is 65.6 Å². The van der Waals surface area contributed by atoms with Crippen molar-refractivity contribution in [3.8, 4) is 0 Å². The zero-order valence-electron chi connectivity index (χ0n) is 16.8. The van der Waals surface area contributed by atoms with Gasteiger partial charge in [0.15, 0.2) is 0 Å². The van der Waals surface area contributed by atoms with E-state index >= 15 is 0 Å². The van der Waals surface area contributed by atoms with Crippen molar-refractivity contribution in [1.82, 2.24) is 10.2 Å². The van der Waals surface area contributed by atoms with E-state index in [-0.39, 0.29) is 23.8 Å². The van der Waals surface area contributed by atoms with Crippen molar-refractivity contribution in [3.05, 3.63) is 60.7 Å². The van der Waals surface area contributed by atoms with Gasteiger partial charge >= 0.3 is 0 Å². The third kappa shape index (κ3) is 7.22. The molecule has 2 amide bonds. The first-order chi connectivity index (χ1) is 14.1. The summed E-state index contributed by atoms with van der Waals surface area (Å²) in [4.78, 5) is 28.0. The van der Waals surface area contributed by atoms with Gasteiger partial charge in [-0.05, 0) is 37.1 Å². The number of likely N-dealkylation sites (tertiary alicyclic amines) is 1. The van der Waals surface area contributed by atoms with Gasteiger partial charge in [-0.1, -0.05) is 43.3 Å². The summed E-state index contributed by atoms with van der Waals surface area (Å²) in [7, 11) is 0. The molecular weight excluding hydrogens is 382 g/mol. The number of rotatable bonds is 8. The normalized spacial score (nSPS) is 16.2. The number of carbonyl (C=O) groups is 2. The lowest BCUT2D eigenvalue weighted by Gasteiger charge is -2.32. The van der Waals surface area contributed by atoms with E-state index in [1.807, 2.05) is 55.5 Å². The Morgan fingerprint density at radius 3 is 2.31 bits per heavy atom. The van der Waals surface area contributed by atoms with Crippen LogP contribution in [0.5, 0.6) is 0 Å². The van der Waals surface area contributed by atoms with Crippen LogP contribution in [0, 0.1) is 5.92 Å². The summed E-state index contributed by atoms with van der Waals surface area (Å²) in [6.07, 6.45) is 1.76. The van der Waals surface area contributed by atoms with Gasteiger partial charge in [-0.15, -0.1) is 11.8 Å². The zero-order chi connectivity index (χ0) is 20.5. The van der Waals surface area contributed by atoms with Crippen LogP contribution in [0.2, 0.25) is 0 Å². The number of nitrogens with zero attached hydrogens (tertiary/aromatic N) is 1. The Balaban J connectivity index is 1.34. The van der Waals surface area contributed by atoms with Crippen molar-refractivity contribution in [2.24, 2.45) is 5.92 Å². The molecule has 0 bridgehead atoms. The van der Waals surface area contributed by atoms with Crippen molar-refractivity contribution in [1.29, 1.82) is 0 Å². The highest BCUT2D eigenvalue weighted by Crippen LogP contribution is 2.20. The second-order valence-corrected chi connectivity index (χ2v) is 8.59. The third-order valence-electron chi connectivity index (χ3n) is 5.05. The maximum Gasteiger partial charge on any atom is 0.238 e. The molecule has 0 radical (unpaired) electrons. The van der Waals surface area contributed by atoms with Crippen LogP contribution in [0.3, 0.4) is 0 Å². The summed E-state index contributed by atoms with van der Waals surface area (Å²) >= 11 is 1.71. The Morgan fingerprint density at radius 1 is 1.03 bits per heavy atom. The van der Waals surface area contributed by atoms with Crippen LogP contribution in [-0.4, -0.2) is 48.1 Å². The van der Waals surface area contributed by atoms with Crippen molar-refractivity contribution in [3.63, 3.8) is 0 Å². The van der Waals surface area contributed by atoms with E-state index in [4.69, 9.17) is 0 Å². The summed E-state index contributed by atoms with van der Waals surface area (Å²) in [6.45, 7) is 4.01. The second kappa shape index (κ2) is 11.0. The molecule has 0 aliphatic carbocycles. The first-order valence-electron chi connectivity index (χ1n) is 10.2. The Labute approximate surface area is 177 Å². The fourth-order valence-corrected chi connectivity index (χ4v) is 4.26. The lowest BCUT2D eigenvalue weighted by molar-refractivity contribution is -0.125. The Bertz CT molecular complexity index is 777. The molecule has 5 nitrogen and oxygen atoms in total. The van der Waals surface area contributed by atoms with Crippen LogP contribution in [0.4, 0.5) is 5.69 Å². The standard InChI is InChI=1S/C23H29N3O2S/c1-18(17-29-21-10-6-3-7-11-21)23(28)25-20-12-14-26(15-13-20)16-22(27)24-19-8-4-2-5-9-19/h2-11,18,20H,12-17H2,1H3,(H,24,27)(H,25,28). The minimum absolute atomic E-state index is 0.00486. The molecule has 1 atom stereocenters. The Hall–Kier alpha value is -2.31. The molecule has 0 saturated carbocycles. The minimum atomic E-state index is -0.0325.